The average molecular weight is 402 g/mol. The zero-order valence-corrected chi connectivity index (χ0v) is 15.7. The molecule has 8 heteroatoms. The number of rotatable bonds is 5. The van der Waals surface area contributed by atoms with Gasteiger partial charge in [-0.2, -0.15) is 13.2 Å². The Morgan fingerprint density at radius 1 is 1.07 bits per heavy atom. The van der Waals surface area contributed by atoms with E-state index in [4.69, 9.17) is 5.73 Å². The topological polar surface area (TPSA) is 64.2 Å². The van der Waals surface area contributed by atoms with E-state index in [0.29, 0.717) is 29.0 Å². The first-order chi connectivity index (χ1) is 13.8. The van der Waals surface area contributed by atoms with Gasteiger partial charge in [0.1, 0.15) is 11.3 Å². The van der Waals surface area contributed by atoms with Crippen LogP contribution in [0.1, 0.15) is 17.8 Å². The van der Waals surface area contributed by atoms with E-state index in [1.807, 2.05) is 30.3 Å². The molecule has 0 radical (unpaired) electrons. The minimum absolute atomic E-state index is 0.102. The normalized spacial score (nSPS) is 14.9. The molecule has 1 amide bonds. The number of para-hydroxylation sites is 1. The second kappa shape index (κ2) is 7.42. The zero-order valence-electron chi connectivity index (χ0n) is 15.7. The summed E-state index contributed by atoms with van der Waals surface area (Å²) in [4.78, 5) is 18.3. The molecule has 152 valence electrons. The Labute approximate surface area is 165 Å². The number of benzene rings is 2. The molecule has 1 fully saturated rings. The van der Waals surface area contributed by atoms with Crippen LogP contribution in [0.15, 0.2) is 48.5 Å². The summed E-state index contributed by atoms with van der Waals surface area (Å²) >= 11 is 0. The van der Waals surface area contributed by atoms with E-state index in [2.05, 4.69) is 4.98 Å². The zero-order chi connectivity index (χ0) is 20.6. The van der Waals surface area contributed by atoms with Gasteiger partial charge >= 0.3 is 12.2 Å². The van der Waals surface area contributed by atoms with Crippen LogP contribution < -0.4 is 10.6 Å². The molecule has 0 atom stereocenters. The standard InChI is InChI=1S/C21H21F3N4O/c22-21(23,24)15-12-27(13-15)16-9-5-10-17-19(16)26-18(28(17)20(25)29)11-4-8-14-6-2-1-3-7-14/h1-3,5-7,9-10,15H,4,8,11-13H2,(H2,25,29). The van der Waals surface area contributed by atoms with Crippen LogP contribution in [0.3, 0.4) is 0 Å². The van der Waals surface area contributed by atoms with Crippen LogP contribution in [-0.4, -0.2) is 34.8 Å². The molecule has 2 N–H and O–H groups in total. The SMILES string of the molecule is NC(=O)n1c(CCCc2ccccc2)nc2c(N3CC(C(F)(F)F)C3)cccc21. The van der Waals surface area contributed by atoms with Crippen LogP contribution in [0.4, 0.5) is 23.7 Å². The summed E-state index contributed by atoms with van der Waals surface area (Å²) in [6, 6.07) is 14.5. The first-order valence-electron chi connectivity index (χ1n) is 9.50. The van der Waals surface area contributed by atoms with Gasteiger partial charge in [-0.15, -0.1) is 0 Å². The molecular formula is C21H21F3N4O. The molecule has 0 saturated carbocycles. The number of carbonyl (C=O) groups excluding carboxylic acids is 1. The summed E-state index contributed by atoms with van der Waals surface area (Å²) in [5.41, 5.74) is 8.42. The minimum Gasteiger partial charge on any atom is -0.368 e. The van der Waals surface area contributed by atoms with Crippen LogP contribution in [-0.2, 0) is 12.8 Å². The molecule has 4 rings (SSSR count). The summed E-state index contributed by atoms with van der Waals surface area (Å²) in [6.45, 7) is -0.204. The number of nitrogens with two attached hydrogens (primary N) is 1. The van der Waals surface area contributed by atoms with E-state index in [1.54, 1.807) is 23.1 Å². The number of aryl methyl sites for hydroxylation is 2. The van der Waals surface area contributed by atoms with Crippen molar-refractivity contribution < 1.29 is 18.0 Å². The Hall–Kier alpha value is -3.03. The number of anilines is 1. The van der Waals surface area contributed by atoms with Crippen molar-refractivity contribution in [2.24, 2.45) is 11.7 Å². The Morgan fingerprint density at radius 3 is 2.45 bits per heavy atom. The maximum absolute atomic E-state index is 12.8. The molecule has 1 aliphatic rings. The number of halogens is 3. The fraction of sp³-hybridized carbons (Fsp3) is 0.333. The van der Waals surface area contributed by atoms with Gasteiger partial charge in [-0.25, -0.2) is 14.3 Å². The Bertz CT molecular complexity index is 1020. The minimum atomic E-state index is -4.19. The molecule has 29 heavy (non-hydrogen) atoms. The predicted molar refractivity (Wildman–Crippen MR) is 105 cm³/mol. The lowest BCUT2D eigenvalue weighted by atomic mass is 9.98. The molecule has 0 spiro atoms. The third-order valence-corrected chi connectivity index (χ3v) is 5.35. The van der Waals surface area contributed by atoms with Gasteiger partial charge in [-0.1, -0.05) is 36.4 Å². The van der Waals surface area contributed by atoms with Crippen molar-refractivity contribution in [1.82, 2.24) is 9.55 Å². The number of alkyl halides is 3. The molecule has 0 aliphatic carbocycles. The molecule has 2 aromatic carbocycles. The number of imidazole rings is 1. The monoisotopic (exact) mass is 402 g/mol. The fourth-order valence-corrected chi connectivity index (χ4v) is 3.78. The lowest BCUT2D eigenvalue weighted by molar-refractivity contribution is -0.180. The molecule has 1 aliphatic heterocycles. The van der Waals surface area contributed by atoms with Gasteiger partial charge in [-0.05, 0) is 30.5 Å². The van der Waals surface area contributed by atoms with E-state index in [1.165, 1.54) is 10.1 Å². The number of amides is 1. The van der Waals surface area contributed by atoms with E-state index in [9.17, 15) is 18.0 Å². The number of hydrogen-bond donors (Lipinski definition) is 1. The summed E-state index contributed by atoms with van der Waals surface area (Å²) in [5.74, 6) is -0.801. The highest BCUT2D eigenvalue weighted by molar-refractivity contribution is 5.96. The maximum atomic E-state index is 12.8. The highest BCUT2D eigenvalue weighted by atomic mass is 19.4. The number of carbonyl (C=O) groups is 1. The van der Waals surface area contributed by atoms with E-state index >= 15 is 0 Å². The number of hydrogen-bond acceptors (Lipinski definition) is 3. The van der Waals surface area contributed by atoms with Gasteiger partial charge in [0.15, 0.2) is 0 Å². The van der Waals surface area contributed by atoms with Gasteiger partial charge in [0.2, 0.25) is 0 Å². The lowest BCUT2D eigenvalue weighted by Gasteiger charge is -2.41. The molecule has 1 aromatic heterocycles. The third-order valence-electron chi connectivity index (χ3n) is 5.35. The van der Waals surface area contributed by atoms with Gasteiger partial charge in [0, 0.05) is 19.5 Å². The number of fused-ring (bicyclic) bond motifs is 1. The quantitative estimate of drug-likeness (QED) is 0.698. The molecule has 0 bridgehead atoms. The number of nitrogens with zero attached hydrogens (tertiary/aromatic N) is 3. The first kappa shape index (κ1) is 19.3. The smallest absolute Gasteiger partial charge is 0.368 e. The summed E-state index contributed by atoms with van der Waals surface area (Å²) in [7, 11) is 0. The van der Waals surface area contributed by atoms with Crippen LogP contribution in [0.25, 0.3) is 11.0 Å². The Balaban J connectivity index is 1.58. The summed E-state index contributed by atoms with van der Waals surface area (Å²) in [5, 5.41) is 0. The lowest BCUT2D eigenvalue weighted by Crippen LogP contribution is -2.53. The van der Waals surface area contributed by atoms with Gasteiger partial charge in [0.25, 0.3) is 0 Å². The van der Waals surface area contributed by atoms with Gasteiger partial charge in [-0.3, -0.25) is 0 Å². The van der Waals surface area contributed by atoms with Crippen LogP contribution >= 0.6 is 0 Å². The highest BCUT2D eigenvalue weighted by Gasteiger charge is 2.47. The van der Waals surface area contributed by atoms with Crippen molar-refractivity contribution in [3.05, 3.63) is 59.9 Å². The molecule has 3 aromatic rings. The first-order valence-corrected chi connectivity index (χ1v) is 9.50. The molecule has 5 nitrogen and oxygen atoms in total. The molecular weight excluding hydrogens is 381 g/mol. The van der Waals surface area contributed by atoms with Crippen LogP contribution in [0.5, 0.6) is 0 Å². The average Bonchev–Trinajstić information content (AvgIpc) is 2.99. The van der Waals surface area contributed by atoms with E-state index in [-0.39, 0.29) is 13.1 Å². The van der Waals surface area contributed by atoms with Crippen LogP contribution in [0, 0.1) is 5.92 Å². The van der Waals surface area contributed by atoms with Crippen molar-refractivity contribution in [1.29, 1.82) is 0 Å². The van der Waals surface area contributed by atoms with E-state index in [0.717, 1.165) is 12.8 Å². The van der Waals surface area contributed by atoms with Crippen LogP contribution in [0.2, 0.25) is 0 Å². The molecule has 0 unspecified atom stereocenters. The van der Waals surface area contributed by atoms with Crippen molar-refractivity contribution in [3.8, 4) is 0 Å². The maximum Gasteiger partial charge on any atom is 0.395 e. The second-order valence-electron chi connectivity index (χ2n) is 7.33. The van der Waals surface area contributed by atoms with Crippen molar-refractivity contribution in [3.63, 3.8) is 0 Å². The summed E-state index contributed by atoms with van der Waals surface area (Å²) in [6.07, 6.45) is -2.05. The Kier molecular flexibility index (Phi) is 4.94. The largest absolute Gasteiger partial charge is 0.395 e. The number of primary amides is 1. The third kappa shape index (κ3) is 3.79. The van der Waals surface area contributed by atoms with Crippen molar-refractivity contribution in [2.75, 3.05) is 18.0 Å². The summed E-state index contributed by atoms with van der Waals surface area (Å²) < 4.78 is 39.9. The second-order valence-corrected chi connectivity index (χ2v) is 7.33. The predicted octanol–water partition coefficient (Wildman–Crippen LogP) is 4.14. The number of aromatic nitrogens is 2. The fourth-order valence-electron chi connectivity index (χ4n) is 3.78. The molecule has 1 saturated heterocycles. The Morgan fingerprint density at radius 2 is 1.79 bits per heavy atom. The highest BCUT2D eigenvalue weighted by Crippen LogP contribution is 2.38. The van der Waals surface area contributed by atoms with Gasteiger partial charge in [0.05, 0.1) is 17.1 Å². The van der Waals surface area contributed by atoms with Crippen molar-refractivity contribution >= 4 is 22.8 Å². The van der Waals surface area contributed by atoms with Crippen molar-refractivity contribution in [2.45, 2.75) is 25.4 Å². The van der Waals surface area contributed by atoms with E-state index < -0.39 is 18.1 Å². The van der Waals surface area contributed by atoms with Gasteiger partial charge < -0.3 is 10.6 Å². The molecule has 2 heterocycles.